The Morgan fingerprint density at radius 1 is 0.905 bits per heavy atom. The lowest BCUT2D eigenvalue weighted by molar-refractivity contribution is 0.0697. The SMILES string of the molecule is Cc1ccc(-c2nnc(-c3ccc(C(=O)O)cc3)o2)cc1. The molecule has 3 aromatic rings. The Balaban J connectivity index is 1.90. The molecule has 1 aromatic heterocycles. The summed E-state index contributed by atoms with van der Waals surface area (Å²) in [6, 6.07) is 14.1. The number of hydrogen-bond donors (Lipinski definition) is 1. The van der Waals surface area contributed by atoms with Gasteiger partial charge in [0.2, 0.25) is 11.8 Å². The molecule has 1 heterocycles. The summed E-state index contributed by atoms with van der Waals surface area (Å²) in [7, 11) is 0. The second-order valence-electron chi connectivity index (χ2n) is 4.66. The topological polar surface area (TPSA) is 76.2 Å². The molecule has 0 amide bonds. The zero-order valence-corrected chi connectivity index (χ0v) is 11.3. The molecule has 5 heteroatoms. The molecule has 0 unspecified atom stereocenters. The molecule has 0 aliphatic carbocycles. The third kappa shape index (κ3) is 2.67. The first-order valence-corrected chi connectivity index (χ1v) is 6.38. The van der Waals surface area contributed by atoms with Crippen molar-refractivity contribution in [1.29, 1.82) is 0 Å². The van der Waals surface area contributed by atoms with E-state index in [9.17, 15) is 4.79 Å². The number of rotatable bonds is 3. The number of carbonyl (C=O) groups is 1. The number of nitrogens with zero attached hydrogens (tertiary/aromatic N) is 2. The van der Waals surface area contributed by atoms with Crippen LogP contribution in [-0.2, 0) is 0 Å². The zero-order valence-electron chi connectivity index (χ0n) is 11.3. The van der Waals surface area contributed by atoms with Crippen molar-refractivity contribution >= 4 is 5.97 Å². The van der Waals surface area contributed by atoms with Crippen LogP contribution in [0.3, 0.4) is 0 Å². The van der Waals surface area contributed by atoms with Gasteiger partial charge >= 0.3 is 5.97 Å². The third-order valence-electron chi connectivity index (χ3n) is 3.10. The van der Waals surface area contributed by atoms with Crippen molar-refractivity contribution < 1.29 is 14.3 Å². The van der Waals surface area contributed by atoms with Crippen LogP contribution in [0.15, 0.2) is 52.9 Å². The van der Waals surface area contributed by atoms with Crippen LogP contribution in [0.2, 0.25) is 0 Å². The van der Waals surface area contributed by atoms with Gasteiger partial charge in [0, 0.05) is 11.1 Å². The molecular weight excluding hydrogens is 268 g/mol. The van der Waals surface area contributed by atoms with E-state index in [1.54, 1.807) is 12.1 Å². The van der Waals surface area contributed by atoms with Crippen LogP contribution in [0.1, 0.15) is 15.9 Å². The first-order valence-electron chi connectivity index (χ1n) is 6.38. The van der Waals surface area contributed by atoms with E-state index in [4.69, 9.17) is 9.52 Å². The van der Waals surface area contributed by atoms with Gasteiger partial charge in [0.25, 0.3) is 0 Å². The summed E-state index contributed by atoms with van der Waals surface area (Å²) in [5, 5.41) is 16.9. The van der Waals surface area contributed by atoms with Crippen LogP contribution in [0, 0.1) is 6.92 Å². The van der Waals surface area contributed by atoms with E-state index in [0.29, 0.717) is 17.3 Å². The van der Waals surface area contributed by atoms with E-state index in [-0.39, 0.29) is 5.56 Å². The molecule has 3 rings (SSSR count). The van der Waals surface area contributed by atoms with E-state index in [1.807, 2.05) is 31.2 Å². The minimum absolute atomic E-state index is 0.219. The molecule has 104 valence electrons. The average Bonchev–Trinajstić information content (AvgIpc) is 2.98. The van der Waals surface area contributed by atoms with Crippen LogP contribution >= 0.6 is 0 Å². The van der Waals surface area contributed by atoms with Crippen LogP contribution in [-0.4, -0.2) is 21.3 Å². The monoisotopic (exact) mass is 280 g/mol. The molecule has 1 N–H and O–H groups in total. The summed E-state index contributed by atoms with van der Waals surface area (Å²) in [6.45, 7) is 2.01. The normalized spacial score (nSPS) is 10.5. The van der Waals surface area contributed by atoms with Gasteiger partial charge in [0.05, 0.1) is 5.56 Å². The third-order valence-corrected chi connectivity index (χ3v) is 3.10. The first-order chi connectivity index (χ1) is 10.1. The van der Waals surface area contributed by atoms with Crippen molar-refractivity contribution in [2.75, 3.05) is 0 Å². The van der Waals surface area contributed by atoms with Gasteiger partial charge in [-0.25, -0.2) is 4.79 Å². The van der Waals surface area contributed by atoms with E-state index in [2.05, 4.69) is 10.2 Å². The summed E-state index contributed by atoms with van der Waals surface area (Å²) in [5.74, 6) is -0.165. The Bertz CT molecular complexity index is 774. The van der Waals surface area contributed by atoms with Gasteiger partial charge in [0.15, 0.2) is 0 Å². The molecule has 0 saturated carbocycles. The molecule has 0 aliphatic heterocycles. The lowest BCUT2D eigenvalue weighted by Gasteiger charge is -1.97. The van der Waals surface area contributed by atoms with Crippen LogP contribution in [0.25, 0.3) is 22.9 Å². The van der Waals surface area contributed by atoms with Crippen molar-refractivity contribution in [1.82, 2.24) is 10.2 Å². The molecule has 5 nitrogen and oxygen atoms in total. The predicted molar refractivity (Wildman–Crippen MR) is 76.9 cm³/mol. The molecule has 0 fully saturated rings. The second-order valence-corrected chi connectivity index (χ2v) is 4.66. The molecule has 0 atom stereocenters. The summed E-state index contributed by atoms with van der Waals surface area (Å²) >= 11 is 0. The highest BCUT2D eigenvalue weighted by Gasteiger charge is 2.11. The van der Waals surface area contributed by atoms with Crippen LogP contribution in [0.5, 0.6) is 0 Å². The van der Waals surface area contributed by atoms with Crippen molar-refractivity contribution in [3.05, 3.63) is 59.7 Å². The number of aromatic carboxylic acids is 1. The highest BCUT2D eigenvalue weighted by Crippen LogP contribution is 2.24. The van der Waals surface area contributed by atoms with E-state index in [0.717, 1.165) is 11.1 Å². The fourth-order valence-corrected chi connectivity index (χ4v) is 1.91. The van der Waals surface area contributed by atoms with E-state index < -0.39 is 5.97 Å². The molecule has 21 heavy (non-hydrogen) atoms. The van der Waals surface area contributed by atoms with Crippen LogP contribution in [0.4, 0.5) is 0 Å². The number of carboxylic acid groups (broad SMARTS) is 1. The highest BCUT2D eigenvalue weighted by atomic mass is 16.4. The van der Waals surface area contributed by atoms with Gasteiger partial charge in [-0.3, -0.25) is 0 Å². The molecule has 2 aromatic carbocycles. The predicted octanol–water partition coefficient (Wildman–Crippen LogP) is 3.41. The van der Waals surface area contributed by atoms with Crippen molar-refractivity contribution in [2.45, 2.75) is 6.92 Å². The minimum atomic E-state index is -0.965. The van der Waals surface area contributed by atoms with E-state index >= 15 is 0 Å². The number of hydrogen-bond acceptors (Lipinski definition) is 4. The van der Waals surface area contributed by atoms with Gasteiger partial charge in [-0.2, -0.15) is 0 Å². The van der Waals surface area contributed by atoms with Gasteiger partial charge in [-0.15, -0.1) is 10.2 Å². The van der Waals surface area contributed by atoms with Crippen molar-refractivity contribution in [3.8, 4) is 22.9 Å². The standard InChI is InChI=1S/C16H12N2O3/c1-10-2-4-11(5-3-10)14-17-18-15(21-14)12-6-8-13(9-7-12)16(19)20/h2-9H,1H3,(H,19,20). The lowest BCUT2D eigenvalue weighted by atomic mass is 10.1. The Morgan fingerprint density at radius 3 is 1.86 bits per heavy atom. The largest absolute Gasteiger partial charge is 0.478 e. The van der Waals surface area contributed by atoms with Gasteiger partial charge < -0.3 is 9.52 Å². The maximum absolute atomic E-state index is 10.8. The minimum Gasteiger partial charge on any atom is -0.478 e. The maximum Gasteiger partial charge on any atom is 0.335 e. The smallest absolute Gasteiger partial charge is 0.335 e. The number of carboxylic acids is 1. The quantitative estimate of drug-likeness (QED) is 0.795. The molecule has 0 radical (unpaired) electrons. The molecule has 0 spiro atoms. The Labute approximate surface area is 120 Å². The van der Waals surface area contributed by atoms with Gasteiger partial charge in [0.1, 0.15) is 0 Å². The fourth-order valence-electron chi connectivity index (χ4n) is 1.91. The van der Waals surface area contributed by atoms with Crippen molar-refractivity contribution in [2.24, 2.45) is 0 Å². The van der Waals surface area contributed by atoms with Crippen molar-refractivity contribution in [3.63, 3.8) is 0 Å². The summed E-state index contributed by atoms with van der Waals surface area (Å²) in [5.41, 5.74) is 2.91. The summed E-state index contributed by atoms with van der Waals surface area (Å²) < 4.78 is 5.63. The Kier molecular flexibility index (Phi) is 3.23. The maximum atomic E-state index is 10.8. The first kappa shape index (κ1) is 13.1. The molecule has 0 aliphatic rings. The summed E-state index contributed by atoms with van der Waals surface area (Å²) in [4.78, 5) is 10.8. The molecule has 0 bridgehead atoms. The highest BCUT2D eigenvalue weighted by molar-refractivity contribution is 5.88. The molecular formula is C16H12N2O3. The van der Waals surface area contributed by atoms with Gasteiger partial charge in [-0.05, 0) is 43.3 Å². The summed E-state index contributed by atoms with van der Waals surface area (Å²) in [6.07, 6.45) is 0. The fraction of sp³-hybridized carbons (Fsp3) is 0.0625. The van der Waals surface area contributed by atoms with Gasteiger partial charge in [-0.1, -0.05) is 17.7 Å². The average molecular weight is 280 g/mol. The van der Waals surface area contributed by atoms with E-state index in [1.165, 1.54) is 12.1 Å². The number of aryl methyl sites for hydroxylation is 1. The Hall–Kier alpha value is -2.95. The Morgan fingerprint density at radius 2 is 1.38 bits per heavy atom. The molecule has 0 saturated heterocycles. The van der Waals surface area contributed by atoms with Crippen LogP contribution < -0.4 is 0 Å². The zero-order chi connectivity index (χ0) is 14.8. The number of benzene rings is 2. The number of aromatic nitrogens is 2. The second kappa shape index (κ2) is 5.20. The lowest BCUT2D eigenvalue weighted by Crippen LogP contribution is -1.94.